The van der Waals surface area contributed by atoms with Gasteiger partial charge in [0.05, 0.1) is 0 Å². The summed E-state index contributed by atoms with van der Waals surface area (Å²) in [6, 6.07) is 16.6. The second-order valence-corrected chi connectivity index (χ2v) is 6.24. The van der Waals surface area contributed by atoms with Crippen LogP contribution in [0.25, 0.3) is 0 Å². The highest BCUT2D eigenvalue weighted by atomic mass is 79.9. The molecule has 4 nitrogen and oxygen atoms in total. The van der Waals surface area contributed by atoms with Gasteiger partial charge in [-0.05, 0) is 36.5 Å². The summed E-state index contributed by atoms with van der Waals surface area (Å²) >= 11 is 3.42. The van der Waals surface area contributed by atoms with E-state index in [1.54, 1.807) is 6.82 Å². The van der Waals surface area contributed by atoms with Crippen LogP contribution in [0.2, 0.25) is 6.82 Å². The Hall–Kier alpha value is -1.63. The zero-order valence-electron chi connectivity index (χ0n) is 12.9. The lowest BCUT2D eigenvalue weighted by molar-refractivity contribution is -0.147. The van der Waals surface area contributed by atoms with Crippen molar-refractivity contribution in [1.82, 2.24) is 5.23 Å². The molecule has 0 aliphatic rings. The van der Waals surface area contributed by atoms with Crippen molar-refractivity contribution in [2.75, 3.05) is 0 Å². The third-order valence-electron chi connectivity index (χ3n) is 3.28. The second-order valence-electron chi connectivity index (χ2n) is 5.32. The number of rotatable bonds is 7. The van der Waals surface area contributed by atoms with Gasteiger partial charge in [0.2, 0.25) is 0 Å². The number of hydrogen-bond acceptors (Lipinski definition) is 4. The molecule has 0 aromatic heterocycles. The fourth-order valence-corrected chi connectivity index (χ4v) is 2.68. The van der Waals surface area contributed by atoms with Crippen LogP contribution in [0.5, 0.6) is 0 Å². The van der Waals surface area contributed by atoms with Crippen molar-refractivity contribution in [3.8, 4) is 0 Å². The van der Waals surface area contributed by atoms with Crippen molar-refractivity contribution in [2.45, 2.75) is 25.9 Å². The predicted octanol–water partition coefficient (Wildman–Crippen LogP) is 2.80. The molecule has 0 saturated carbocycles. The van der Waals surface area contributed by atoms with Gasteiger partial charge in [0.1, 0.15) is 12.6 Å². The molecule has 0 fully saturated rings. The molecule has 2 N–H and O–H groups in total. The quantitative estimate of drug-likeness (QED) is 0.577. The maximum Gasteiger partial charge on any atom is 0.374 e. The minimum Gasteiger partial charge on any atom is -0.460 e. The molecule has 1 atom stereocenters. The van der Waals surface area contributed by atoms with Gasteiger partial charge in [0.25, 0.3) is 0 Å². The van der Waals surface area contributed by atoms with E-state index >= 15 is 0 Å². The molecule has 0 saturated heterocycles. The molecule has 0 aliphatic carbocycles. The summed E-state index contributed by atoms with van der Waals surface area (Å²) in [6.45, 7) is 1.80. The van der Waals surface area contributed by atoms with Gasteiger partial charge >= 0.3 is 13.0 Å². The monoisotopic (exact) mass is 375 g/mol. The van der Waals surface area contributed by atoms with Crippen molar-refractivity contribution in [1.29, 1.82) is 0 Å². The Balaban J connectivity index is 2.00. The number of esters is 1. The number of hydrogen-bond donors (Lipinski definition) is 2. The van der Waals surface area contributed by atoms with E-state index in [4.69, 9.17) is 4.74 Å². The first-order valence-corrected chi connectivity index (χ1v) is 8.23. The van der Waals surface area contributed by atoms with E-state index in [0.29, 0.717) is 6.42 Å². The molecule has 120 valence electrons. The summed E-state index contributed by atoms with van der Waals surface area (Å²) in [6.07, 6.45) is 0.442. The summed E-state index contributed by atoms with van der Waals surface area (Å²) in [4.78, 5) is 12.3. The fraction of sp³-hybridized carbons (Fsp3) is 0.235. The van der Waals surface area contributed by atoms with Crippen LogP contribution in [-0.4, -0.2) is 24.1 Å². The Morgan fingerprint density at radius 1 is 1.22 bits per heavy atom. The topological polar surface area (TPSA) is 58.6 Å². The van der Waals surface area contributed by atoms with Gasteiger partial charge in [-0.2, -0.15) is 0 Å². The van der Waals surface area contributed by atoms with Gasteiger partial charge < -0.3 is 15.0 Å². The van der Waals surface area contributed by atoms with Crippen LogP contribution < -0.4 is 5.23 Å². The summed E-state index contributed by atoms with van der Waals surface area (Å²) in [7, 11) is -0.795. The molecule has 1 unspecified atom stereocenters. The molecule has 0 heterocycles. The van der Waals surface area contributed by atoms with Crippen LogP contribution in [0.1, 0.15) is 11.1 Å². The molecule has 2 aromatic carbocycles. The molecule has 0 spiro atoms. The van der Waals surface area contributed by atoms with E-state index in [2.05, 4.69) is 21.2 Å². The normalized spacial score (nSPS) is 11.8. The maximum atomic E-state index is 12.3. The first kappa shape index (κ1) is 17.7. The van der Waals surface area contributed by atoms with Crippen molar-refractivity contribution < 1.29 is 14.6 Å². The molecule has 0 aliphatic heterocycles. The Labute approximate surface area is 145 Å². The first-order valence-electron chi connectivity index (χ1n) is 7.43. The van der Waals surface area contributed by atoms with Crippen LogP contribution in [0, 0.1) is 0 Å². The standard InChI is InChI=1S/C17H19BBrNO3/c1-18(22)20-16(11-14-8-5-9-15(19)10-14)17(21)23-12-13-6-3-2-4-7-13/h2-10,16,20,22H,11-12H2,1H3. The molecule has 0 bridgehead atoms. The molecular formula is C17H19BBrNO3. The summed E-state index contributed by atoms with van der Waals surface area (Å²) < 4.78 is 6.32. The number of nitrogens with one attached hydrogen (secondary N) is 1. The van der Waals surface area contributed by atoms with Crippen LogP contribution in [-0.2, 0) is 22.6 Å². The van der Waals surface area contributed by atoms with Gasteiger partial charge in [0.15, 0.2) is 0 Å². The largest absolute Gasteiger partial charge is 0.460 e. The summed E-state index contributed by atoms with van der Waals surface area (Å²) in [5.41, 5.74) is 1.91. The van der Waals surface area contributed by atoms with Crippen LogP contribution in [0.4, 0.5) is 0 Å². The Morgan fingerprint density at radius 2 is 1.91 bits per heavy atom. The van der Waals surface area contributed by atoms with Gasteiger partial charge in [0, 0.05) is 4.47 Å². The van der Waals surface area contributed by atoms with Gasteiger partial charge in [-0.3, -0.25) is 4.79 Å². The highest BCUT2D eigenvalue weighted by molar-refractivity contribution is 9.10. The van der Waals surface area contributed by atoms with E-state index in [1.807, 2.05) is 54.6 Å². The zero-order valence-corrected chi connectivity index (χ0v) is 14.5. The summed E-state index contributed by atoms with van der Waals surface area (Å²) in [5, 5.41) is 12.4. The number of ether oxygens (including phenoxy) is 1. The molecular weight excluding hydrogens is 357 g/mol. The van der Waals surface area contributed by atoms with Gasteiger partial charge in [-0.1, -0.05) is 58.4 Å². The van der Waals surface area contributed by atoms with Crippen molar-refractivity contribution in [3.63, 3.8) is 0 Å². The molecule has 0 amide bonds. The zero-order chi connectivity index (χ0) is 16.7. The SMILES string of the molecule is CB(O)NC(Cc1cccc(Br)c1)C(=O)OCc1ccccc1. The molecule has 6 heteroatoms. The predicted molar refractivity (Wildman–Crippen MR) is 94.8 cm³/mol. The average Bonchev–Trinajstić information content (AvgIpc) is 2.52. The molecule has 2 rings (SSSR count). The third-order valence-corrected chi connectivity index (χ3v) is 3.77. The number of halogens is 1. The number of carbonyl (C=O) groups excluding carboxylic acids is 1. The van der Waals surface area contributed by atoms with Gasteiger partial charge in [-0.25, -0.2) is 0 Å². The first-order chi connectivity index (χ1) is 11.0. The lowest BCUT2D eigenvalue weighted by atomic mass is 9.86. The van der Waals surface area contributed by atoms with Gasteiger partial charge in [-0.15, -0.1) is 0 Å². The molecule has 0 radical (unpaired) electrons. The van der Waals surface area contributed by atoms with E-state index in [1.165, 1.54) is 0 Å². The Kier molecular flexibility index (Phi) is 6.83. The summed E-state index contributed by atoms with van der Waals surface area (Å²) in [5.74, 6) is -0.380. The highest BCUT2D eigenvalue weighted by Gasteiger charge is 2.23. The highest BCUT2D eigenvalue weighted by Crippen LogP contribution is 2.14. The average molecular weight is 376 g/mol. The van der Waals surface area contributed by atoms with Crippen LogP contribution >= 0.6 is 15.9 Å². The smallest absolute Gasteiger partial charge is 0.374 e. The van der Waals surface area contributed by atoms with Crippen molar-refractivity contribution in [3.05, 3.63) is 70.2 Å². The van der Waals surface area contributed by atoms with Crippen molar-refractivity contribution in [2.24, 2.45) is 0 Å². The minimum atomic E-state index is -0.795. The van der Waals surface area contributed by atoms with Crippen molar-refractivity contribution >= 4 is 28.9 Å². The van der Waals surface area contributed by atoms with E-state index in [0.717, 1.165) is 15.6 Å². The second kappa shape index (κ2) is 8.86. The van der Waals surface area contributed by atoms with Crippen LogP contribution in [0.3, 0.4) is 0 Å². The van der Waals surface area contributed by atoms with E-state index in [9.17, 15) is 9.82 Å². The third kappa shape index (κ3) is 6.18. The van der Waals surface area contributed by atoms with Crippen LogP contribution in [0.15, 0.2) is 59.1 Å². The Morgan fingerprint density at radius 3 is 2.57 bits per heavy atom. The lowest BCUT2D eigenvalue weighted by Gasteiger charge is -2.18. The minimum absolute atomic E-state index is 0.218. The molecule has 2 aromatic rings. The van der Waals surface area contributed by atoms with E-state index in [-0.39, 0.29) is 12.6 Å². The molecule has 23 heavy (non-hydrogen) atoms. The van der Waals surface area contributed by atoms with E-state index < -0.39 is 13.1 Å². The maximum absolute atomic E-state index is 12.3. The number of benzene rings is 2. The Bertz CT molecular complexity index is 637. The fourth-order valence-electron chi connectivity index (χ4n) is 2.23. The lowest BCUT2D eigenvalue weighted by Crippen LogP contribution is -2.46. The number of carbonyl (C=O) groups is 1.